The number of halogens is 2. The fourth-order valence-corrected chi connectivity index (χ4v) is 3.25. The lowest BCUT2D eigenvalue weighted by Crippen LogP contribution is -2.16. The topological polar surface area (TPSA) is 55.5 Å². The lowest BCUT2D eigenvalue weighted by molar-refractivity contribution is -0.495. The van der Waals surface area contributed by atoms with Gasteiger partial charge in [-0.25, -0.2) is 0 Å². The summed E-state index contributed by atoms with van der Waals surface area (Å²) in [4.78, 5) is -0.0326. The summed E-state index contributed by atoms with van der Waals surface area (Å²) in [5.74, 6) is 0. The molecule has 0 spiro atoms. The molecule has 80 valence electrons. The first kappa shape index (κ1) is 10.9. The molecule has 1 aliphatic rings. The summed E-state index contributed by atoms with van der Waals surface area (Å²) in [6.07, 6.45) is 1.57. The van der Waals surface area contributed by atoms with Crippen molar-refractivity contribution in [2.45, 2.75) is 4.90 Å². The maximum absolute atomic E-state index is 11.7. The van der Waals surface area contributed by atoms with Crippen LogP contribution in [0.5, 0.6) is 0 Å². The van der Waals surface area contributed by atoms with E-state index in [1.54, 1.807) is 18.3 Å². The highest BCUT2D eigenvalue weighted by Gasteiger charge is 2.21. The zero-order valence-electron chi connectivity index (χ0n) is 7.61. The van der Waals surface area contributed by atoms with E-state index >= 15 is 0 Å². The van der Waals surface area contributed by atoms with E-state index < -0.39 is 10.0 Å². The van der Waals surface area contributed by atoms with Crippen LogP contribution in [-0.2, 0) is 10.0 Å². The van der Waals surface area contributed by atoms with E-state index in [1.165, 1.54) is 11.7 Å². The quantitative estimate of drug-likeness (QED) is 0.673. The highest BCUT2D eigenvalue weighted by atomic mass is 35.5. The monoisotopic (exact) mass is 264 g/mol. The molecule has 0 fully saturated rings. The SMILES string of the molecule is C[N+]1=Cc2ccc(Cl)c(Cl)c2S(=O)([O-])=N1. The Labute approximate surface area is 97.1 Å². The second-order valence-corrected chi connectivity index (χ2v) is 5.35. The standard InChI is InChI=1S/C8H6Cl2N2O2S/c1-12-4-5-2-3-6(9)7(10)8(5)15(13,14)11-12/h2-4H,1H3. The van der Waals surface area contributed by atoms with Gasteiger partial charge in [0.1, 0.15) is 0 Å². The molecule has 1 aliphatic heterocycles. The first-order valence-corrected chi connectivity index (χ1v) is 6.15. The van der Waals surface area contributed by atoms with E-state index in [-0.39, 0.29) is 14.9 Å². The van der Waals surface area contributed by atoms with Crippen molar-refractivity contribution < 1.29 is 13.4 Å². The van der Waals surface area contributed by atoms with Crippen molar-refractivity contribution in [3.63, 3.8) is 0 Å². The van der Waals surface area contributed by atoms with Gasteiger partial charge in [-0.05, 0) is 12.1 Å². The zero-order valence-corrected chi connectivity index (χ0v) is 9.94. The Morgan fingerprint density at radius 2 is 2.13 bits per heavy atom. The molecule has 1 unspecified atom stereocenters. The Kier molecular flexibility index (Phi) is 2.50. The molecule has 1 aromatic rings. The number of benzene rings is 1. The molecule has 1 aromatic carbocycles. The third-order valence-electron chi connectivity index (χ3n) is 1.90. The number of rotatable bonds is 0. The van der Waals surface area contributed by atoms with Crippen molar-refractivity contribution in [2.75, 3.05) is 7.05 Å². The highest BCUT2D eigenvalue weighted by molar-refractivity contribution is 7.88. The zero-order chi connectivity index (χ0) is 11.2. The fourth-order valence-electron chi connectivity index (χ4n) is 1.35. The number of hydrogen-bond acceptors (Lipinski definition) is 3. The summed E-state index contributed by atoms with van der Waals surface area (Å²) < 4.78 is 28.1. The van der Waals surface area contributed by atoms with Crippen molar-refractivity contribution in [1.82, 2.24) is 0 Å². The molecule has 0 saturated heterocycles. The smallest absolute Gasteiger partial charge is 0.205 e. The molecule has 1 heterocycles. The second-order valence-electron chi connectivity index (χ2n) is 3.04. The lowest BCUT2D eigenvalue weighted by Gasteiger charge is -2.17. The predicted molar refractivity (Wildman–Crippen MR) is 57.4 cm³/mol. The van der Waals surface area contributed by atoms with E-state index in [0.717, 1.165) is 0 Å². The number of fused-ring (bicyclic) bond motifs is 1. The Hall–Kier alpha value is -0.620. The normalized spacial score (nSPS) is 24.1. The van der Waals surface area contributed by atoms with E-state index in [2.05, 4.69) is 4.47 Å². The van der Waals surface area contributed by atoms with Gasteiger partial charge in [-0.3, -0.25) is 4.21 Å². The van der Waals surface area contributed by atoms with Crippen molar-refractivity contribution in [3.8, 4) is 0 Å². The molecule has 0 amide bonds. The fraction of sp³-hybridized carbons (Fsp3) is 0.125. The van der Waals surface area contributed by atoms with Gasteiger partial charge >= 0.3 is 0 Å². The maximum atomic E-state index is 11.7. The number of hydrogen-bond donors (Lipinski definition) is 0. The van der Waals surface area contributed by atoms with E-state index in [1.807, 2.05) is 0 Å². The van der Waals surface area contributed by atoms with Crippen molar-refractivity contribution >= 4 is 39.4 Å². The maximum Gasteiger partial charge on any atom is 0.205 e. The molecule has 2 rings (SSSR count). The van der Waals surface area contributed by atoms with E-state index in [9.17, 15) is 8.76 Å². The Balaban J connectivity index is 2.91. The van der Waals surface area contributed by atoms with Crippen LogP contribution in [0.4, 0.5) is 0 Å². The third-order valence-corrected chi connectivity index (χ3v) is 4.25. The summed E-state index contributed by atoms with van der Waals surface area (Å²) in [5.41, 5.74) is 0.488. The molecule has 15 heavy (non-hydrogen) atoms. The molecular weight excluding hydrogens is 259 g/mol. The van der Waals surface area contributed by atoms with Crippen LogP contribution in [0.2, 0.25) is 10.0 Å². The molecule has 0 radical (unpaired) electrons. The van der Waals surface area contributed by atoms with Gasteiger partial charge in [-0.1, -0.05) is 27.9 Å². The van der Waals surface area contributed by atoms with Crippen LogP contribution in [0.1, 0.15) is 5.56 Å². The minimum atomic E-state index is -3.74. The molecule has 0 saturated carbocycles. The van der Waals surface area contributed by atoms with Crippen molar-refractivity contribution in [3.05, 3.63) is 27.7 Å². The van der Waals surface area contributed by atoms with Gasteiger partial charge in [0.05, 0.1) is 30.5 Å². The summed E-state index contributed by atoms with van der Waals surface area (Å²) in [6, 6.07) is 3.14. The molecule has 0 aromatic heterocycles. The Bertz CT molecular complexity index is 589. The molecule has 4 nitrogen and oxygen atoms in total. The lowest BCUT2D eigenvalue weighted by atomic mass is 10.2. The molecule has 7 heteroatoms. The summed E-state index contributed by atoms with van der Waals surface area (Å²) in [7, 11) is -2.21. The summed E-state index contributed by atoms with van der Waals surface area (Å²) >= 11 is 11.6. The largest absolute Gasteiger partial charge is 0.756 e. The molecule has 0 bridgehead atoms. The second kappa shape index (κ2) is 3.45. The minimum absolute atomic E-state index is 0.0160. The van der Waals surface area contributed by atoms with Crippen LogP contribution in [0.3, 0.4) is 0 Å². The average Bonchev–Trinajstić information content (AvgIpc) is 2.08. The first-order valence-electron chi connectivity index (χ1n) is 3.95. The minimum Gasteiger partial charge on any atom is -0.756 e. The van der Waals surface area contributed by atoms with Crippen LogP contribution in [0.15, 0.2) is 21.5 Å². The van der Waals surface area contributed by atoms with Gasteiger partial charge in [0, 0.05) is 4.47 Å². The van der Waals surface area contributed by atoms with Crippen LogP contribution in [-0.4, -0.2) is 26.7 Å². The van der Waals surface area contributed by atoms with Crippen LogP contribution < -0.4 is 0 Å². The summed E-state index contributed by atoms with van der Waals surface area (Å²) in [6.45, 7) is 0. The van der Waals surface area contributed by atoms with Gasteiger partial charge in [-0.15, -0.1) is 0 Å². The molecule has 1 atom stereocenters. The average molecular weight is 265 g/mol. The summed E-state index contributed by atoms with van der Waals surface area (Å²) in [5, 5.41) is 0.217. The predicted octanol–water partition coefficient (Wildman–Crippen LogP) is 1.94. The van der Waals surface area contributed by atoms with Crippen molar-refractivity contribution in [1.29, 1.82) is 0 Å². The molecule has 0 aliphatic carbocycles. The van der Waals surface area contributed by atoms with Gasteiger partial charge in [0.25, 0.3) is 0 Å². The van der Waals surface area contributed by atoms with Crippen LogP contribution in [0.25, 0.3) is 0 Å². The third kappa shape index (κ3) is 1.76. The van der Waals surface area contributed by atoms with Crippen LogP contribution >= 0.6 is 23.2 Å². The first-order chi connectivity index (χ1) is 6.92. The van der Waals surface area contributed by atoms with E-state index in [0.29, 0.717) is 5.56 Å². The molecular formula is C8H6Cl2N2O2S. The van der Waals surface area contributed by atoms with Gasteiger partial charge in [0.15, 0.2) is 7.05 Å². The van der Waals surface area contributed by atoms with Crippen molar-refractivity contribution in [2.24, 2.45) is 4.47 Å². The van der Waals surface area contributed by atoms with Crippen LogP contribution in [0, 0.1) is 0 Å². The van der Waals surface area contributed by atoms with Gasteiger partial charge in [0.2, 0.25) is 6.21 Å². The van der Waals surface area contributed by atoms with Gasteiger partial charge < -0.3 is 4.55 Å². The Morgan fingerprint density at radius 3 is 2.80 bits per heavy atom. The number of nitrogens with zero attached hydrogens (tertiary/aromatic N) is 2. The molecule has 0 N–H and O–H groups in total. The highest BCUT2D eigenvalue weighted by Crippen LogP contribution is 2.33. The van der Waals surface area contributed by atoms with Gasteiger partial charge in [-0.2, -0.15) is 0 Å². The van der Waals surface area contributed by atoms with E-state index in [4.69, 9.17) is 23.2 Å². The Morgan fingerprint density at radius 1 is 1.47 bits per heavy atom.